The summed E-state index contributed by atoms with van der Waals surface area (Å²) in [6, 6.07) is 7.79. The van der Waals surface area contributed by atoms with E-state index in [1.165, 1.54) is 0 Å². The highest BCUT2D eigenvalue weighted by atomic mass is 32.2. The highest BCUT2D eigenvalue weighted by Crippen LogP contribution is 2.47. The molecule has 1 atom stereocenters. The predicted octanol–water partition coefficient (Wildman–Crippen LogP) is 3.04. The number of nitrogens with zero attached hydrogens (tertiary/aromatic N) is 1. The van der Waals surface area contributed by atoms with Crippen LogP contribution in [-0.2, 0) is 9.84 Å². The Morgan fingerprint density at radius 3 is 2.05 bits per heavy atom. The summed E-state index contributed by atoms with van der Waals surface area (Å²) in [4.78, 5) is 2.67. The molecule has 0 fully saturated rings. The Bertz CT molecular complexity index is 596. The molecule has 3 nitrogen and oxygen atoms in total. The second-order valence-corrected chi connectivity index (χ2v) is 7.12. The van der Waals surface area contributed by atoms with Gasteiger partial charge in [0, 0.05) is 13.1 Å². The summed E-state index contributed by atoms with van der Waals surface area (Å²) in [7, 11) is -3.14. The molecule has 1 aliphatic heterocycles. The molecule has 0 spiro atoms. The normalized spacial score (nSPS) is 21.2. The lowest BCUT2D eigenvalue weighted by Gasteiger charge is -2.39. The molecule has 0 radical (unpaired) electrons. The largest absolute Gasteiger partial charge is 0.373 e. The number of rotatable bonds is 4. The first-order chi connectivity index (χ1) is 8.93. The highest BCUT2D eigenvalue weighted by Gasteiger charge is 2.45. The SMILES string of the molecule is CCN(CC)C1=C(C)S(=O)(=O)[C@H]1c1ccc(C)cc1. The smallest absolute Gasteiger partial charge is 0.188 e. The van der Waals surface area contributed by atoms with Crippen molar-refractivity contribution >= 4 is 9.84 Å². The van der Waals surface area contributed by atoms with Gasteiger partial charge in [-0.2, -0.15) is 0 Å². The molecule has 0 N–H and O–H groups in total. The van der Waals surface area contributed by atoms with Gasteiger partial charge >= 0.3 is 0 Å². The number of sulfone groups is 1. The van der Waals surface area contributed by atoms with Gasteiger partial charge in [-0.1, -0.05) is 29.8 Å². The van der Waals surface area contributed by atoms with E-state index in [0.29, 0.717) is 4.91 Å². The number of allylic oxidation sites excluding steroid dienone is 1. The van der Waals surface area contributed by atoms with E-state index in [1.807, 2.05) is 31.2 Å². The molecule has 19 heavy (non-hydrogen) atoms. The average molecular weight is 279 g/mol. The van der Waals surface area contributed by atoms with E-state index in [4.69, 9.17) is 0 Å². The van der Waals surface area contributed by atoms with Crippen molar-refractivity contribution in [2.24, 2.45) is 0 Å². The van der Waals surface area contributed by atoms with E-state index in [1.54, 1.807) is 6.92 Å². The maximum absolute atomic E-state index is 12.3. The predicted molar refractivity (Wildman–Crippen MR) is 78.5 cm³/mol. The fraction of sp³-hybridized carbons (Fsp3) is 0.467. The minimum atomic E-state index is -3.14. The van der Waals surface area contributed by atoms with Crippen molar-refractivity contribution < 1.29 is 8.42 Å². The van der Waals surface area contributed by atoms with Crippen LogP contribution in [0.2, 0.25) is 0 Å². The van der Waals surface area contributed by atoms with Crippen molar-refractivity contribution in [1.82, 2.24) is 4.90 Å². The second kappa shape index (κ2) is 5.00. The molecule has 1 aliphatic rings. The Balaban J connectivity index is 2.48. The van der Waals surface area contributed by atoms with Gasteiger partial charge in [0.1, 0.15) is 5.25 Å². The molecule has 0 bridgehead atoms. The number of benzene rings is 1. The zero-order valence-corrected chi connectivity index (χ0v) is 12.8. The molecule has 0 aliphatic carbocycles. The molecule has 0 amide bonds. The van der Waals surface area contributed by atoms with Crippen molar-refractivity contribution in [3.05, 3.63) is 46.0 Å². The monoisotopic (exact) mass is 279 g/mol. The van der Waals surface area contributed by atoms with E-state index in [2.05, 4.69) is 18.7 Å². The third kappa shape index (κ3) is 2.18. The first kappa shape index (κ1) is 14.1. The molecule has 0 aromatic heterocycles. The quantitative estimate of drug-likeness (QED) is 0.850. The average Bonchev–Trinajstić information content (AvgIpc) is 2.40. The van der Waals surface area contributed by atoms with E-state index >= 15 is 0 Å². The van der Waals surface area contributed by atoms with Gasteiger partial charge in [-0.3, -0.25) is 0 Å². The number of hydrogen-bond donors (Lipinski definition) is 0. The van der Waals surface area contributed by atoms with E-state index in [0.717, 1.165) is 29.9 Å². The van der Waals surface area contributed by atoms with Crippen LogP contribution in [0.5, 0.6) is 0 Å². The minimum absolute atomic E-state index is 0.479. The van der Waals surface area contributed by atoms with Crippen LogP contribution in [0.1, 0.15) is 37.1 Å². The Kier molecular flexibility index (Phi) is 3.72. The van der Waals surface area contributed by atoms with Gasteiger partial charge in [0.25, 0.3) is 0 Å². The van der Waals surface area contributed by atoms with Crippen LogP contribution in [0.3, 0.4) is 0 Å². The number of aryl methyl sites for hydroxylation is 1. The fourth-order valence-corrected chi connectivity index (χ4v) is 4.47. The topological polar surface area (TPSA) is 37.4 Å². The van der Waals surface area contributed by atoms with Gasteiger partial charge < -0.3 is 4.90 Å². The van der Waals surface area contributed by atoms with Crippen molar-refractivity contribution in [2.45, 2.75) is 32.9 Å². The number of hydrogen-bond acceptors (Lipinski definition) is 3. The Hall–Kier alpha value is -1.29. The molecule has 0 unspecified atom stereocenters. The Labute approximate surface area is 115 Å². The zero-order valence-electron chi connectivity index (χ0n) is 12.0. The molecule has 1 heterocycles. The van der Waals surface area contributed by atoms with E-state index < -0.39 is 15.1 Å². The lowest BCUT2D eigenvalue weighted by Crippen LogP contribution is -2.38. The third-order valence-electron chi connectivity index (χ3n) is 3.83. The molecule has 2 rings (SSSR count). The standard InChI is InChI=1S/C15H21NO2S/c1-5-16(6-2)14-12(4)19(17,18)15(14)13-9-7-11(3)8-10-13/h7-10,15H,5-6H2,1-4H3/t15-/m0/s1. The molecule has 1 aromatic carbocycles. The lowest BCUT2D eigenvalue weighted by molar-refractivity contribution is 0.359. The summed E-state index contributed by atoms with van der Waals surface area (Å²) in [5.41, 5.74) is 2.98. The lowest BCUT2D eigenvalue weighted by atomic mass is 10.1. The summed E-state index contributed by atoms with van der Waals surface area (Å²) < 4.78 is 24.6. The summed E-state index contributed by atoms with van der Waals surface area (Å²) in [6.07, 6.45) is 0. The van der Waals surface area contributed by atoms with Crippen molar-refractivity contribution in [1.29, 1.82) is 0 Å². The minimum Gasteiger partial charge on any atom is -0.373 e. The number of likely N-dealkylation sites (N-methyl/N-ethyl adjacent to an activating group) is 1. The van der Waals surface area contributed by atoms with Gasteiger partial charge in [-0.15, -0.1) is 0 Å². The van der Waals surface area contributed by atoms with Crippen LogP contribution in [0.15, 0.2) is 34.9 Å². The van der Waals surface area contributed by atoms with Gasteiger partial charge in [0.15, 0.2) is 9.84 Å². The maximum Gasteiger partial charge on any atom is 0.188 e. The highest BCUT2D eigenvalue weighted by molar-refractivity contribution is 7.97. The molecular formula is C15H21NO2S. The van der Waals surface area contributed by atoms with Crippen LogP contribution in [-0.4, -0.2) is 26.4 Å². The first-order valence-corrected chi connectivity index (χ1v) is 8.24. The van der Waals surface area contributed by atoms with Crippen LogP contribution in [0, 0.1) is 6.92 Å². The van der Waals surface area contributed by atoms with E-state index in [-0.39, 0.29) is 0 Å². The second-order valence-electron chi connectivity index (χ2n) is 4.95. The van der Waals surface area contributed by atoms with Gasteiger partial charge in [-0.05, 0) is 33.3 Å². The van der Waals surface area contributed by atoms with Crippen molar-refractivity contribution in [3.8, 4) is 0 Å². The maximum atomic E-state index is 12.3. The summed E-state index contributed by atoms with van der Waals surface area (Å²) in [5.74, 6) is 0. The van der Waals surface area contributed by atoms with Crippen LogP contribution in [0.4, 0.5) is 0 Å². The Morgan fingerprint density at radius 2 is 1.58 bits per heavy atom. The summed E-state index contributed by atoms with van der Waals surface area (Å²) in [6.45, 7) is 9.50. The molecule has 0 saturated carbocycles. The van der Waals surface area contributed by atoms with Crippen molar-refractivity contribution in [2.75, 3.05) is 13.1 Å². The summed E-state index contributed by atoms with van der Waals surface area (Å²) >= 11 is 0. The van der Waals surface area contributed by atoms with Crippen LogP contribution >= 0.6 is 0 Å². The molecule has 4 heteroatoms. The molecule has 0 saturated heterocycles. The third-order valence-corrected chi connectivity index (χ3v) is 6.01. The van der Waals surface area contributed by atoms with Gasteiger partial charge in [0.05, 0.1) is 10.6 Å². The zero-order chi connectivity index (χ0) is 14.2. The van der Waals surface area contributed by atoms with Crippen molar-refractivity contribution in [3.63, 3.8) is 0 Å². The van der Waals surface area contributed by atoms with Gasteiger partial charge in [0.2, 0.25) is 0 Å². The van der Waals surface area contributed by atoms with Crippen LogP contribution < -0.4 is 0 Å². The summed E-state index contributed by atoms with van der Waals surface area (Å²) in [5, 5.41) is -0.479. The molecule has 1 aromatic rings. The fourth-order valence-electron chi connectivity index (χ4n) is 2.63. The van der Waals surface area contributed by atoms with E-state index in [9.17, 15) is 8.42 Å². The van der Waals surface area contributed by atoms with Gasteiger partial charge in [-0.25, -0.2) is 8.42 Å². The molecular weight excluding hydrogens is 258 g/mol. The first-order valence-electron chi connectivity index (χ1n) is 6.69. The Morgan fingerprint density at radius 1 is 1.05 bits per heavy atom. The molecule has 104 valence electrons. The van der Waals surface area contributed by atoms with Crippen LogP contribution in [0.25, 0.3) is 0 Å².